The van der Waals surface area contributed by atoms with Gasteiger partial charge in [0.05, 0.1) is 5.69 Å². The Balaban J connectivity index is 1.68. The maximum absolute atomic E-state index is 12.0. The van der Waals surface area contributed by atoms with E-state index in [1.54, 1.807) is 18.3 Å². The first-order valence-electron chi connectivity index (χ1n) is 8.13. The molecule has 1 aliphatic rings. The molecular weight excluding hydrogens is 308 g/mol. The van der Waals surface area contributed by atoms with Gasteiger partial charge < -0.3 is 4.74 Å². The van der Waals surface area contributed by atoms with E-state index in [0.29, 0.717) is 17.7 Å². The molecule has 3 rings (SSSR count). The number of carbonyl (C=O) groups excluding carboxylic acids is 1. The van der Waals surface area contributed by atoms with Gasteiger partial charge in [-0.05, 0) is 44.6 Å². The molecule has 0 spiro atoms. The lowest BCUT2D eigenvalue weighted by Gasteiger charge is -2.21. The van der Waals surface area contributed by atoms with Gasteiger partial charge in [-0.15, -0.1) is 11.3 Å². The highest BCUT2D eigenvalue weighted by Gasteiger charge is 2.24. The number of nitrogens with zero attached hydrogens (tertiary/aromatic N) is 1. The number of hydrogen-bond donors (Lipinski definition) is 1. The van der Waals surface area contributed by atoms with Gasteiger partial charge in [-0.3, -0.25) is 10.1 Å². The fourth-order valence-corrected chi connectivity index (χ4v) is 4.06. The summed E-state index contributed by atoms with van der Waals surface area (Å²) >= 11 is 1.60. The van der Waals surface area contributed by atoms with Crippen molar-refractivity contribution < 1.29 is 9.53 Å². The van der Waals surface area contributed by atoms with E-state index in [2.05, 4.69) is 40.6 Å². The molecule has 0 radical (unpaired) electrons. The first-order chi connectivity index (χ1) is 11.2. The van der Waals surface area contributed by atoms with Crippen LogP contribution in [0.25, 0.3) is 0 Å². The zero-order valence-corrected chi connectivity index (χ0v) is 14.4. The van der Waals surface area contributed by atoms with Crippen LogP contribution in [0, 0.1) is 0 Å². The molecule has 4 nitrogen and oxygen atoms in total. The molecule has 0 aliphatic heterocycles. The van der Waals surface area contributed by atoms with Crippen LogP contribution in [0.5, 0.6) is 0 Å². The van der Waals surface area contributed by atoms with Gasteiger partial charge in [0.2, 0.25) is 0 Å². The molecule has 2 aromatic rings. The Bertz CT molecular complexity index is 669. The third-order valence-electron chi connectivity index (χ3n) is 4.23. The van der Waals surface area contributed by atoms with Crippen molar-refractivity contribution in [3.05, 3.63) is 46.5 Å². The first kappa shape index (κ1) is 16.1. The van der Waals surface area contributed by atoms with Crippen LogP contribution in [-0.4, -0.2) is 23.6 Å². The van der Waals surface area contributed by atoms with Crippen molar-refractivity contribution in [2.75, 3.05) is 11.9 Å². The molecule has 2 atom stereocenters. The van der Waals surface area contributed by atoms with E-state index in [1.807, 2.05) is 6.92 Å². The van der Waals surface area contributed by atoms with Crippen LogP contribution in [0.1, 0.15) is 42.3 Å². The van der Waals surface area contributed by atoms with Crippen molar-refractivity contribution in [2.24, 2.45) is 0 Å². The molecule has 1 aliphatic carbocycles. The number of thiazole rings is 1. The largest absolute Gasteiger partial charge is 0.369 e. The quantitative estimate of drug-likeness (QED) is 0.908. The topological polar surface area (TPSA) is 51.2 Å². The van der Waals surface area contributed by atoms with Gasteiger partial charge in [-0.2, -0.15) is 0 Å². The Morgan fingerprint density at radius 2 is 2.22 bits per heavy atom. The number of aryl methyl sites for hydroxylation is 1. The maximum Gasteiger partial charge on any atom is 0.254 e. The summed E-state index contributed by atoms with van der Waals surface area (Å²) in [5.41, 5.74) is 2.53. The van der Waals surface area contributed by atoms with Crippen molar-refractivity contribution >= 4 is 22.4 Å². The van der Waals surface area contributed by atoms with Gasteiger partial charge in [-0.1, -0.05) is 30.3 Å². The Hall–Kier alpha value is -1.72. The molecule has 1 aromatic heterocycles. The van der Waals surface area contributed by atoms with Crippen molar-refractivity contribution in [1.82, 2.24) is 4.98 Å². The smallest absolute Gasteiger partial charge is 0.254 e. The Labute approximate surface area is 140 Å². The highest BCUT2D eigenvalue weighted by molar-refractivity contribution is 7.15. The van der Waals surface area contributed by atoms with Crippen LogP contribution in [0.2, 0.25) is 0 Å². The molecule has 0 saturated carbocycles. The van der Waals surface area contributed by atoms with Crippen LogP contribution in [0.3, 0.4) is 0 Å². The Morgan fingerprint density at radius 3 is 2.96 bits per heavy atom. The number of hydrogen-bond acceptors (Lipinski definition) is 4. The second-order valence-electron chi connectivity index (χ2n) is 5.83. The predicted molar refractivity (Wildman–Crippen MR) is 93.0 cm³/mol. The second kappa shape index (κ2) is 7.23. The number of carbonyl (C=O) groups is 1. The van der Waals surface area contributed by atoms with E-state index in [0.717, 1.165) is 25.0 Å². The summed E-state index contributed by atoms with van der Waals surface area (Å²) in [6.07, 6.45) is 2.65. The zero-order chi connectivity index (χ0) is 16.2. The molecule has 0 unspecified atom stereocenters. The van der Waals surface area contributed by atoms with Crippen LogP contribution in [0.15, 0.2) is 30.3 Å². The fourth-order valence-electron chi connectivity index (χ4n) is 2.97. The third-order valence-corrected chi connectivity index (χ3v) is 5.26. The van der Waals surface area contributed by atoms with E-state index in [9.17, 15) is 4.79 Å². The molecule has 1 amide bonds. The summed E-state index contributed by atoms with van der Waals surface area (Å²) in [5.74, 6) is 0.424. The molecule has 122 valence electrons. The highest BCUT2D eigenvalue weighted by Crippen LogP contribution is 2.36. The van der Waals surface area contributed by atoms with E-state index < -0.39 is 6.10 Å². The standard InChI is InChI=1S/C18H22N2O2S/c1-3-22-12(2)17(21)20-18-19-15-10-9-14(11-16(15)23-18)13-7-5-4-6-8-13/h4-8,12,14H,3,9-11H2,1-2H3,(H,19,20,21)/t12-,14+/m0/s1. The second-order valence-corrected chi connectivity index (χ2v) is 6.91. The minimum Gasteiger partial charge on any atom is -0.369 e. The minimum absolute atomic E-state index is 0.127. The normalized spacial score (nSPS) is 18.3. The van der Waals surface area contributed by atoms with Crippen LogP contribution in [0.4, 0.5) is 5.13 Å². The molecule has 5 heteroatoms. The molecule has 1 N–H and O–H groups in total. The van der Waals surface area contributed by atoms with E-state index >= 15 is 0 Å². The Kier molecular flexibility index (Phi) is 5.08. The number of benzene rings is 1. The number of nitrogens with one attached hydrogen (secondary N) is 1. The highest BCUT2D eigenvalue weighted by atomic mass is 32.1. The van der Waals surface area contributed by atoms with Crippen LogP contribution < -0.4 is 5.32 Å². The Morgan fingerprint density at radius 1 is 1.43 bits per heavy atom. The summed E-state index contributed by atoms with van der Waals surface area (Å²) < 4.78 is 5.32. The van der Waals surface area contributed by atoms with Gasteiger partial charge in [0, 0.05) is 11.5 Å². The SMILES string of the molecule is CCO[C@@H](C)C(=O)Nc1nc2c(s1)C[C@H](c1ccccc1)CC2. The number of amides is 1. The molecule has 0 saturated heterocycles. The van der Waals surface area contributed by atoms with Gasteiger partial charge in [0.1, 0.15) is 6.10 Å². The summed E-state index contributed by atoms with van der Waals surface area (Å²) in [5, 5.41) is 3.58. The van der Waals surface area contributed by atoms with Crippen molar-refractivity contribution in [1.29, 1.82) is 0 Å². The van der Waals surface area contributed by atoms with Gasteiger partial charge in [0.25, 0.3) is 5.91 Å². The lowest BCUT2D eigenvalue weighted by molar-refractivity contribution is -0.126. The summed E-state index contributed by atoms with van der Waals surface area (Å²) in [6, 6.07) is 10.6. The van der Waals surface area contributed by atoms with Crippen molar-refractivity contribution in [2.45, 2.75) is 45.1 Å². The molecule has 0 bridgehead atoms. The molecule has 1 aromatic carbocycles. The predicted octanol–water partition coefficient (Wildman–Crippen LogP) is 3.78. The number of fused-ring (bicyclic) bond motifs is 1. The summed E-state index contributed by atoms with van der Waals surface area (Å²) in [7, 11) is 0. The van der Waals surface area contributed by atoms with Gasteiger partial charge in [-0.25, -0.2) is 4.98 Å². The van der Waals surface area contributed by atoms with E-state index in [4.69, 9.17) is 4.74 Å². The maximum atomic E-state index is 12.0. The lowest BCUT2D eigenvalue weighted by Crippen LogP contribution is -2.27. The van der Waals surface area contributed by atoms with Gasteiger partial charge in [0.15, 0.2) is 5.13 Å². The molecule has 0 fully saturated rings. The lowest BCUT2D eigenvalue weighted by atomic mass is 9.85. The van der Waals surface area contributed by atoms with Crippen LogP contribution >= 0.6 is 11.3 Å². The van der Waals surface area contributed by atoms with Gasteiger partial charge >= 0.3 is 0 Å². The summed E-state index contributed by atoms with van der Waals surface area (Å²) in [4.78, 5) is 17.9. The third kappa shape index (κ3) is 3.79. The number of rotatable bonds is 5. The monoisotopic (exact) mass is 330 g/mol. The molecule has 23 heavy (non-hydrogen) atoms. The van der Waals surface area contributed by atoms with Crippen molar-refractivity contribution in [3.8, 4) is 0 Å². The fraction of sp³-hybridized carbons (Fsp3) is 0.444. The van der Waals surface area contributed by atoms with E-state index in [1.165, 1.54) is 10.4 Å². The molecule has 1 heterocycles. The minimum atomic E-state index is -0.446. The molecular formula is C18H22N2O2S. The number of anilines is 1. The van der Waals surface area contributed by atoms with E-state index in [-0.39, 0.29) is 5.91 Å². The first-order valence-corrected chi connectivity index (χ1v) is 8.95. The van der Waals surface area contributed by atoms with Crippen molar-refractivity contribution in [3.63, 3.8) is 0 Å². The number of ether oxygens (including phenoxy) is 1. The summed E-state index contributed by atoms with van der Waals surface area (Å²) in [6.45, 7) is 4.18. The average Bonchev–Trinajstić information content (AvgIpc) is 2.97. The zero-order valence-electron chi connectivity index (χ0n) is 13.5. The average molecular weight is 330 g/mol. The number of aromatic nitrogens is 1. The van der Waals surface area contributed by atoms with Crippen LogP contribution in [-0.2, 0) is 22.4 Å².